The first-order valence-corrected chi connectivity index (χ1v) is 15.7. The summed E-state index contributed by atoms with van der Waals surface area (Å²) < 4.78 is 37.5. The monoisotopic (exact) mass is 615 g/mol. The van der Waals surface area contributed by atoms with Crippen LogP contribution in [0.15, 0.2) is 30.3 Å². The summed E-state index contributed by atoms with van der Waals surface area (Å²) in [5.74, 6) is -2.96. The van der Waals surface area contributed by atoms with Crippen molar-refractivity contribution in [3.63, 3.8) is 0 Å². The highest BCUT2D eigenvalue weighted by Gasteiger charge is 2.91. The highest BCUT2D eigenvalue weighted by Crippen LogP contribution is 2.80. The van der Waals surface area contributed by atoms with Gasteiger partial charge in [0.25, 0.3) is 0 Å². The van der Waals surface area contributed by atoms with E-state index in [0.29, 0.717) is 12.2 Å². The number of aliphatic hydroxyl groups excluding tert-OH is 1. The second-order valence-corrected chi connectivity index (χ2v) is 14.2. The first-order chi connectivity index (χ1) is 21.0. The van der Waals surface area contributed by atoms with Crippen molar-refractivity contribution in [3.8, 4) is 0 Å². The van der Waals surface area contributed by atoms with Crippen LogP contribution in [0.3, 0.4) is 0 Å². The van der Waals surface area contributed by atoms with Gasteiger partial charge >= 0.3 is 11.9 Å². The summed E-state index contributed by atoms with van der Waals surface area (Å²) >= 11 is 0. The Bertz CT molecular complexity index is 1310. The van der Waals surface area contributed by atoms with E-state index in [9.17, 15) is 19.8 Å². The lowest BCUT2D eigenvalue weighted by Crippen LogP contribution is -2.80. The molecule has 7 bridgehead atoms. The van der Waals surface area contributed by atoms with Gasteiger partial charge in [-0.2, -0.15) is 0 Å². The second kappa shape index (κ2) is 10.2. The second-order valence-electron chi connectivity index (χ2n) is 14.2. The van der Waals surface area contributed by atoms with E-state index in [-0.39, 0.29) is 35.8 Å². The molecule has 1 saturated heterocycles. The number of ether oxygens (including phenoxy) is 6. The fraction of sp³-hybridized carbons (Fsp3) is 0.758. The molecule has 0 unspecified atom stereocenters. The van der Waals surface area contributed by atoms with Crippen molar-refractivity contribution in [1.82, 2.24) is 4.90 Å². The normalized spacial score (nSPS) is 49.9. The van der Waals surface area contributed by atoms with Gasteiger partial charge in [-0.3, -0.25) is 4.79 Å². The van der Waals surface area contributed by atoms with Crippen LogP contribution in [0.2, 0.25) is 0 Å². The average molecular weight is 616 g/mol. The van der Waals surface area contributed by atoms with Gasteiger partial charge in [-0.05, 0) is 44.4 Å². The lowest BCUT2D eigenvalue weighted by molar-refractivity contribution is -0.316. The lowest BCUT2D eigenvalue weighted by Gasteiger charge is -2.69. The minimum absolute atomic E-state index is 0.103. The van der Waals surface area contributed by atoms with Crippen molar-refractivity contribution in [2.45, 2.75) is 73.9 Å². The van der Waals surface area contributed by atoms with Crippen molar-refractivity contribution >= 4 is 11.9 Å². The SMILES string of the molecule is COC[C@@]12CC[C@H](OC)[C@@]34[C@@H]5C[C@@]6(O)[C@H](OC(=O)c7ccccc7)[C@@H]5[C@@](OC(C)=O)([C@@H]([C@H](OC)[C@H]13)[C@@H]4N(C)C2)[C@@H](O)[C@@H]6OC. The Kier molecular flexibility index (Phi) is 7.07. The number of nitrogens with zero attached hydrogens (tertiary/aromatic N) is 1. The topological polar surface area (TPSA) is 133 Å². The molecule has 6 aliphatic rings. The average Bonchev–Trinajstić information content (AvgIpc) is 3.39. The molecular weight excluding hydrogens is 570 g/mol. The van der Waals surface area contributed by atoms with Crippen molar-refractivity contribution in [1.29, 1.82) is 0 Å². The number of fused-ring (bicyclic) bond motifs is 2. The van der Waals surface area contributed by atoms with Crippen molar-refractivity contribution in [3.05, 3.63) is 35.9 Å². The number of benzene rings is 1. The summed E-state index contributed by atoms with van der Waals surface area (Å²) in [7, 11) is 8.63. The zero-order valence-corrected chi connectivity index (χ0v) is 26.3. The molecule has 1 heterocycles. The Hall–Kier alpha value is -2.12. The van der Waals surface area contributed by atoms with Gasteiger partial charge < -0.3 is 43.5 Å². The van der Waals surface area contributed by atoms with Crippen molar-refractivity contribution < 1.29 is 48.2 Å². The number of likely N-dealkylation sites (tertiary alicyclic amines) is 1. The van der Waals surface area contributed by atoms with Crippen LogP contribution in [0, 0.1) is 34.5 Å². The molecule has 1 aromatic carbocycles. The number of carbonyl (C=O) groups excluding carboxylic acids is 2. The Balaban J connectivity index is 1.51. The summed E-state index contributed by atoms with van der Waals surface area (Å²) in [5.41, 5.74) is -3.93. The third-order valence-corrected chi connectivity index (χ3v) is 12.8. The van der Waals surface area contributed by atoms with Gasteiger partial charge in [0.05, 0.1) is 24.4 Å². The summed E-state index contributed by atoms with van der Waals surface area (Å²) in [6, 6.07) is 8.39. The minimum Gasteiger partial charge on any atom is -0.455 e. The maximum absolute atomic E-state index is 13.7. The Morgan fingerprint density at radius 1 is 1.02 bits per heavy atom. The van der Waals surface area contributed by atoms with Gasteiger partial charge in [0, 0.05) is 76.5 Å². The maximum atomic E-state index is 13.7. The van der Waals surface area contributed by atoms with Crippen LogP contribution < -0.4 is 0 Å². The highest BCUT2D eigenvalue weighted by molar-refractivity contribution is 5.89. The Morgan fingerprint density at radius 2 is 1.75 bits per heavy atom. The summed E-state index contributed by atoms with van der Waals surface area (Å²) in [6.45, 7) is 2.56. The van der Waals surface area contributed by atoms with E-state index >= 15 is 0 Å². The van der Waals surface area contributed by atoms with Gasteiger partial charge in [-0.1, -0.05) is 18.2 Å². The summed E-state index contributed by atoms with van der Waals surface area (Å²) in [4.78, 5) is 29.2. The Morgan fingerprint density at radius 3 is 2.36 bits per heavy atom. The molecule has 11 heteroatoms. The molecule has 44 heavy (non-hydrogen) atoms. The molecule has 11 nitrogen and oxygen atoms in total. The number of hydrogen-bond donors (Lipinski definition) is 2. The molecule has 1 aromatic rings. The van der Waals surface area contributed by atoms with E-state index in [1.165, 1.54) is 14.0 Å². The van der Waals surface area contributed by atoms with Crippen LogP contribution >= 0.6 is 0 Å². The van der Waals surface area contributed by atoms with E-state index in [2.05, 4.69) is 11.9 Å². The smallest absolute Gasteiger partial charge is 0.338 e. The Labute approximate surface area is 258 Å². The molecule has 0 amide bonds. The highest BCUT2D eigenvalue weighted by atomic mass is 16.6. The molecular formula is C33H45NO10. The third-order valence-electron chi connectivity index (χ3n) is 12.8. The number of carbonyl (C=O) groups is 2. The van der Waals surface area contributed by atoms with Crippen LogP contribution in [0.5, 0.6) is 0 Å². The minimum atomic E-state index is -1.76. The van der Waals surface area contributed by atoms with Gasteiger partial charge in [0.15, 0.2) is 5.60 Å². The fourth-order valence-electron chi connectivity index (χ4n) is 12.3. The molecule has 0 aromatic heterocycles. The van der Waals surface area contributed by atoms with Crippen molar-refractivity contribution in [2.24, 2.45) is 34.5 Å². The molecule has 6 fully saturated rings. The van der Waals surface area contributed by atoms with Crippen LogP contribution in [0.1, 0.15) is 36.5 Å². The summed E-state index contributed by atoms with van der Waals surface area (Å²) in [5, 5.41) is 25.1. The van der Waals surface area contributed by atoms with Crippen LogP contribution in [-0.4, -0.2) is 123 Å². The molecule has 0 radical (unpaired) electrons. The van der Waals surface area contributed by atoms with Gasteiger partial charge in [-0.25, -0.2) is 4.79 Å². The summed E-state index contributed by atoms with van der Waals surface area (Å²) in [6.07, 6.45) is -2.66. The first kappa shape index (κ1) is 30.5. The molecule has 5 aliphatic carbocycles. The predicted molar refractivity (Wildman–Crippen MR) is 154 cm³/mol. The van der Waals surface area contributed by atoms with Gasteiger partial charge in [0.2, 0.25) is 0 Å². The van der Waals surface area contributed by atoms with E-state index < -0.39 is 64.8 Å². The molecule has 2 N–H and O–H groups in total. The lowest BCUT2D eigenvalue weighted by atomic mass is 9.43. The number of rotatable bonds is 8. The van der Waals surface area contributed by atoms with Gasteiger partial charge in [-0.15, -0.1) is 0 Å². The van der Waals surface area contributed by atoms with E-state index in [4.69, 9.17) is 28.4 Å². The number of aliphatic hydroxyl groups is 2. The fourth-order valence-corrected chi connectivity index (χ4v) is 12.3. The predicted octanol–water partition coefficient (Wildman–Crippen LogP) is 1.29. The zero-order valence-electron chi connectivity index (χ0n) is 26.3. The number of methoxy groups -OCH3 is 4. The zero-order chi connectivity index (χ0) is 31.4. The largest absolute Gasteiger partial charge is 0.455 e. The first-order valence-electron chi connectivity index (χ1n) is 15.7. The third kappa shape index (κ3) is 3.41. The van der Waals surface area contributed by atoms with Crippen LogP contribution in [0.4, 0.5) is 0 Å². The maximum Gasteiger partial charge on any atom is 0.338 e. The van der Waals surface area contributed by atoms with Gasteiger partial charge in [0.1, 0.15) is 23.9 Å². The molecule has 5 saturated carbocycles. The molecule has 242 valence electrons. The van der Waals surface area contributed by atoms with Crippen LogP contribution in [0.25, 0.3) is 0 Å². The van der Waals surface area contributed by atoms with E-state index in [1.54, 1.807) is 45.6 Å². The van der Waals surface area contributed by atoms with Crippen molar-refractivity contribution in [2.75, 3.05) is 48.6 Å². The van der Waals surface area contributed by atoms with E-state index in [0.717, 1.165) is 19.4 Å². The molecule has 7 rings (SSSR count). The van der Waals surface area contributed by atoms with E-state index in [1.807, 2.05) is 6.07 Å². The molecule has 14 atom stereocenters. The number of hydrogen-bond acceptors (Lipinski definition) is 11. The molecule has 1 aliphatic heterocycles. The quantitative estimate of drug-likeness (QED) is 0.410. The molecule has 1 spiro atoms. The van der Waals surface area contributed by atoms with Crippen LogP contribution in [-0.2, 0) is 33.2 Å². The standard InChI is InChI=1S/C33H45NO10/c1-17(35)44-33-21-19(14-31(38,28(42-6)26(33)36)27(21)43-29(37)18-10-8-7-9-11-18)32-20(40-4)12-13-30(16-39-3)15-34(2)25(32)22(33)23(41-5)24(30)32/h7-11,19-28,36,38H,12-16H2,1-6H3/t19-,20+,21-,22+,23+,24-,25+,26+,27-,28+,30+,31-,32+,33-/m1/s1. The number of esters is 2. The number of piperidine rings is 1.